The molecule has 7 heteroatoms. The van der Waals surface area contributed by atoms with E-state index >= 15 is 0 Å². The fraction of sp³-hybridized carbons (Fsp3) is 0.636. The van der Waals surface area contributed by atoms with Crippen molar-refractivity contribution >= 4 is 0 Å². The highest BCUT2D eigenvalue weighted by atomic mass is 16.5. The van der Waals surface area contributed by atoms with Crippen molar-refractivity contribution in [2.75, 3.05) is 13.1 Å². The maximum Gasteiger partial charge on any atom is 0.174 e. The first-order valence-electron chi connectivity index (χ1n) is 6.17. The molecule has 0 aliphatic carbocycles. The second-order valence-corrected chi connectivity index (χ2v) is 5.14. The Kier molecular flexibility index (Phi) is 2.05. The lowest BCUT2D eigenvalue weighted by Gasteiger charge is -2.50. The average Bonchev–Trinajstić information content (AvgIpc) is 3.14. The minimum absolute atomic E-state index is 0.0513. The van der Waals surface area contributed by atoms with Crippen molar-refractivity contribution < 1.29 is 9.05 Å². The minimum atomic E-state index is 0.0513. The highest BCUT2D eigenvalue weighted by molar-refractivity contribution is 5.18. The molecule has 5 heterocycles. The second kappa shape index (κ2) is 3.61. The van der Waals surface area contributed by atoms with E-state index in [1.165, 1.54) is 0 Å². The number of aromatic nitrogens is 4. The number of nitrogens with zero attached hydrogens (tertiary/aromatic N) is 5. The molecule has 0 aromatic carbocycles. The van der Waals surface area contributed by atoms with Gasteiger partial charge in [0.25, 0.3) is 0 Å². The summed E-state index contributed by atoms with van der Waals surface area (Å²) < 4.78 is 10.5. The molecule has 0 saturated carbocycles. The van der Waals surface area contributed by atoms with E-state index in [-0.39, 0.29) is 11.5 Å². The Labute approximate surface area is 103 Å². The summed E-state index contributed by atoms with van der Waals surface area (Å²) in [6.07, 6.45) is 6.58. The zero-order chi connectivity index (χ0) is 12.0. The van der Waals surface area contributed by atoms with Crippen LogP contribution in [0.1, 0.15) is 36.8 Å². The first kappa shape index (κ1) is 10.2. The fourth-order valence-electron chi connectivity index (χ4n) is 3.32. The molecule has 0 spiro atoms. The highest BCUT2D eigenvalue weighted by Gasteiger charge is 2.49. The van der Waals surface area contributed by atoms with Crippen LogP contribution in [-0.4, -0.2) is 38.7 Å². The Morgan fingerprint density at radius 2 is 1.89 bits per heavy atom. The third-order valence-corrected chi connectivity index (χ3v) is 4.37. The Hall–Kier alpha value is -1.76. The number of fused-ring (bicyclic) bond motifs is 3. The van der Waals surface area contributed by atoms with Gasteiger partial charge in [-0.3, -0.25) is 4.90 Å². The van der Waals surface area contributed by atoms with Gasteiger partial charge in [-0.2, -0.15) is 0 Å². The summed E-state index contributed by atoms with van der Waals surface area (Å²) in [5.41, 5.74) is 0.0513. The smallest absolute Gasteiger partial charge is 0.174 e. The van der Waals surface area contributed by atoms with Crippen molar-refractivity contribution in [3.8, 4) is 0 Å². The molecule has 2 bridgehead atoms. The molecule has 0 N–H and O–H groups in total. The van der Waals surface area contributed by atoms with Crippen molar-refractivity contribution in [3.05, 3.63) is 23.9 Å². The minimum Gasteiger partial charge on any atom is -0.342 e. The molecule has 0 amide bonds. The molecular formula is C11H13N5O2. The van der Waals surface area contributed by atoms with Gasteiger partial charge in [0.05, 0.1) is 18.4 Å². The molecule has 94 valence electrons. The zero-order valence-electron chi connectivity index (χ0n) is 9.82. The maximum absolute atomic E-state index is 5.32. The molecule has 2 aromatic rings. The molecule has 1 unspecified atom stereocenters. The van der Waals surface area contributed by atoms with Gasteiger partial charge in [0.2, 0.25) is 0 Å². The van der Waals surface area contributed by atoms with E-state index in [2.05, 4.69) is 25.6 Å². The molecule has 1 atom stereocenters. The van der Waals surface area contributed by atoms with E-state index < -0.39 is 0 Å². The van der Waals surface area contributed by atoms with E-state index in [0.29, 0.717) is 0 Å². The first-order chi connectivity index (χ1) is 8.87. The molecule has 5 rings (SSSR count). The van der Waals surface area contributed by atoms with Gasteiger partial charge in [-0.15, -0.1) is 10.2 Å². The van der Waals surface area contributed by atoms with Crippen molar-refractivity contribution in [2.24, 2.45) is 0 Å². The zero-order valence-corrected chi connectivity index (χ0v) is 9.82. The maximum atomic E-state index is 5.32. The van der Waals surface area contributed by atoms with Gasteiger partial charge in [0, 0.05) is 16.0 Å². The highest BCUT2D eigenvalue weighted by Crippen LogP contribution is 2.50. The van der Waals surface area contributed by atoms with E-state index in [4.69, 9.17) is 9.05 Å². The summed E-state index contributed by atoms with van der Waals surface area (Å²) in [6, 6.07) is 0.243. The summed E-state index contributed by atoms with van der Waals surface area (Å²) in [7, 11) is 0. The predicted octanol–water partition coefficient (Wildman–Crippen LogP) is 0.931. The van der Waals surface area contributed by atoms with E-state index in [9.17, 15) is 0 Å². The van der Waals surface area contributed by atoms with Crippen molar-refractivity contribution in [1.82, 2.24) is 25.6 Å². The van der Waals surface area contributed by atoms with E-state index in [1.54, 1.807) is 12.4 Å². The van der Waals surface area contributed by atoms with Crippen LogP contribution in [-0.2, 0) is 5.41 Å². The van der Waals surface area contributed by atoms with Gasteiger partial charge in [-0.05, 0) is 32.4 Å². The summed E-state index contributed by atoms with van der Waals surface area (Å²) >= 11 is 0. The molecule has 3 aliphatic rings. The number of hydrogen-bond donors (Lipinski definition) is 0. The standard InChI is InChI=1S/C11H13N5O2/c1-3-16-4-2-11(1,10-7-13-15-18-10)5-8(16)9-6-12-14-17-9/h6-8H,1-5H2. The van der Waals surface area contributed by atoms with Gasteiger partial charge in [-0.1, -0.05) is 0 Å². The molecule has 3 saturated heterocycles. The second-order valence-electron chi connectivity index (χ2n) is 5.14. The molecule has 2 aromatic heterocycles. The third kappa shape index (κ3) is 1.34. The van der Waals surface area contributed by atoms with E-state index in [0.717, 1.165) is 43.9 Å². The third-order valence-electron chi connectivity index (χ3n) is 4.37. The average molecular weight is 247 g/mol. The van der Waals surface area contributed by atoms with Crippen LogP contribution in [0, 0.1) is 0 Å². The Morgan fingerprint density at radius 1 is 1.11 bits per heavy atom. The van der Waals surface area contributed by atoms with Gasteiger partial charge in [0.1, 0.15) is 0 Å². The SMILES string of the molecule is c1nnoc1C1CC2(c3cnno3)CCN1CC2. The lowest BCUT2D eigenvalue weighted by atomic mass is 9.67. The van der Waals surface area contributed by atoms with Crippen LogP contribution in [0.5, 0.6) is 0 Å². The molecule has 7 nitrogen and oxygen atoms in total. The van der Waals surface area contributed by atoms with Gasteiger partial charge in [0.15, 0.2) is 11.5 Å². The van der Waals surface area contributed by atoms with Crippen LogP contribution in [0.3, 0.4) is 0 Å². The molecule has 3 aliphatic heterocycles. The molecule has 18 heavy (non-hydrogen) atoms. The molecule has 3 fully saturated rings. The van der Waals surface area contributed by atoms with Crippen LogP contribution in [0.4, 0.5) is 0 Å². The van der Waals surface area contributed by atoms with E-state index in [1.807, 2.05) is 0 Å². The van der Waals surface area contributed by atoms with Crippen molar-refractivity contribution in [2.45, 2.75) is 30.7 Å². The summed E-state index contributed by atoms with van der Waals surface area (Å²) in [5, 5.41) is 14.8. The van der Waals surface area contributed by atoms with Crippen LogP contribution in [0.25, 0.3) is 0 Å². The summed E-state index contributed by atoms with van der Waals surface area (Å²) in [5.74, 6) is 1.74. The summed E-state index contributed by atoms with van der Waals surface area (Å²) in [6.45, 7) is 2.07. The van der Waals surface area contributed by atoms with Crippen molar-refractivity contribution in [1.29, 1.82) is 0 Å². The van der Waals surface area contributed by atoms with Gasteiger partial charge < -0.3 is 9.05 Å². The molecule has 0 radical (unpaired) electrons. The van der Waals surface area contributed by atoms with Crippen LogP contribution < -0.4 is 0 Å². The lowest BCUT2D eigenvalue weighted by molar-refractivity contribution is 0.000316. The Bertz CT molecular complexity index is 516. The van der Waals surface area contributed by atoms with Crippen LogP contribution in [0.15, 0.2) is 21.4 Å². The van der Waals surface area contributed by atoms with Crippen LogP contribution >= 0.6 is 0 Å². The normalized spacial score (nSPS) is 34.9. The fourth-order valence-corrected chi connectivity index (χ4v) is 3.32. The first-order valence-corrected chi connectivity index (χ1v) is 6.17. The predicted molar refractivity (Wildman–Crippen MR) is 58.4 cm³/mol. The summed E-state index contributed by atoms with van der Waals surface area (Å²) in [4.78, 5) is 2.42. The van der Waals surface area contributed by atoms with Gasteiger partial charge in [-0.25, -0.2) is 0 Å². The van der Waals surface area contributed by atoms with Crippen molar-refractivity contribution in [3.63, 3.8) is 0 Å². The number of rotatable bonds is 2. The quantitative estimate of drug-likeness (QED) is 0.780. The molecular weight excluding hydrogens is 234 g/mol. The monoisotopic (exact) mass is 247 g/mol. The lowest BCUT2D eigenvalue weighted by Crippen LogP contribution is -2.51. The number of piperidine rings is 3. The Morgan fingerprint density at radius 3 is 2.56 bits per heavy atom. The number of hydrogen-bond acceptors (Lipinski definition) is 7. The van der Waals surface area contributed by atoms with Crippen LogP contribution in [0.2, 0.25) is 0 Å². The van der Waals surface area contributed by atoms with Gasteiger partial charge >= 0.3 is 0 Å². The Balaban J connectivity index is 1.71. The topological polar surface area (TPSA) is 81.1 Å². The largest absolute Gasteiger partial charge is 0.342 e.